The molecule has 0 rings (SSSR count). The van der Waals surface area contributed by atoms with Crippen LogP contribution >= 0.6 is 58.8 Å². The Morgan fingerprint density at radius 3 is 2.18 bits per heavy atom. The Kier molecular flexibility index (Phi) is 8.16. The predicted octanol–water partition coefficient (Wildman–Crippen LogP) is 3.18. The van der Waals surface area contributed by atoms with Gasteiger partial charge < -0.3 is 10.2 Å². The highest BCUT2D eigenvalue weighted by Crippen LogP contribution is 2.37. The van der Waals surface area contributed by atoms with E-state index in [4.69, 9.17) is 47.0 Å². The van der Waals surface area contributed by atoms with Gasteiger partial charge in [0.1, 0.15) is 9.69 Å². The SMILES string of the molecule is CCN(CC)C(=S)S[C@@H](NC(C)=O)C(Cl)(Cl)Cl. The molecule has 0 aliphatic carbocycles. The summed E-state index contributed by atoms with van der Waals surface area (Å²) in [5.41, 5.74) is 0. The van der Waals surface area contributed by atoms with Gasteiger partial charge in [-0.1, -0.05) is 58.8 Å². The fourth-order valence-corrected chi connectivity index (χ4v) is 3.10. The van der Waals surface area contributed by atoms with Crippen LogP contribution in [0.2, 0.25) is 0 Å². The number of thioether (sulfide) groups is 1. The highest BCUT2D eigenvalue weighted by Gasteiger charge is 2.35. The van der Waals surface area contributed by atoms with Crippen molar-refractivity contribution in [2.24, 2.45) is 0 Å². The summed E-state index contributed by atoms with van der Waals surface area (Å²) >= 11 is 23.8. The lowest BCUT2D eigenvalue weighted by Crippen LogP contribution is -2.42. The molecular formula is C9H15Cl3N2OS2. The molecule has 8 heteroatoms. The van der Waals surface area contributed by atoms with Crippen LogP contribution in [0.15, 0.2) is 0 Å². The Labute approximate surface area is 127 Å². The summed E-state index contributed by atoms with van der Waals surface area (Å²) in [6.45, 7) is 6.88. The van der Waals surface area contributed by atoms with Crippen molar-refractivity contribution in [2.75, 3.05) is 13.1 Å². The van der Waals surface area contributed by atoms with Crippen LogP contribution in [0.25, 0.3) is 0 Å². The van der Waals surface area contributed by atoms with Crippen molar-refractivity contribution in [1.82, 2.24) is 10.2 Å². The van der Waals surface area contributed by atoms with Gasteiger partial charge in [0.25, 0.3) is 0 Å². The number of carbonyl (C=O) groups is 1. The van der Waals surface area contributed by atoms with Gasteiger partial charge in [0.2, 0.25) is 9.70 Å². The summed E-state index contributed by atoms with van der Waals surface area (Å²) in [6, 6.07) is 0. The van der Waals surface area contributed by atoms with E-state index in [1.54, 1.807) is 0 Å². The van der Waals surface area contributed by atoms with Crippen LogP contribution in [0.3, 0.4) is 0 Å². The Morgan fingerprint density at radius 1 is 1.41 bits per heavy atom. The zero-order chi connectivity index (χ0) is 13.6. The monoisotopic (exact) mass is 336 g/mol. The highest BCUT2D eigenvalue weighted by molar-refractivity contribution is 8.23. The number of amides is 1. The molecule has 0 bridgehead atoms. The lowest BCUT2D eigenvalue weighted by atomic mass is 10.6. The molecule has 0 aliphatic rings. The summed E-state index contributed by atoms with van der Waals surface area (Å²) in [5, 5.41) is 1.87. The number of hydrogen-bond donors (Lipinski definition) is 1. The first-order valence-corrected chi connectivity index (χ1v) is 7.43. The third-order valence-corrected chi connectivity index (χ3v) is 4.63. The number of thiocarbonyl (C=S) groups is 1. The van der Waals surface area contributed by atoms with Crippen LogP contribution in [-0.4, -0.2) is 37.4 Å². The summed E-state index contributed by atoms with van der Waals surface area (Å²) in [4.78, 5) is 13.0. The molecule has 0 aromatic rings. The van der Waals surface area contributed by atoms with Gasteiger partial charge in [0, 0.05) is 20.0 Å². The van der Waals surface area contributed by atoms with Crippen molar-refractivity contribution in [3.05, 3.63) is 0 Å². The zero-order valence-corrected chi connectivity index (χ0v) is 13.7. The van der Waals surface area contributed by atoms with E-state index in [0.29, 0.717) is 4.32 Å². The maximum absolute atomic E-state index is 11.0. The fourth-order valence-electron chi connectivity index (χ4n) is 1.02. The van der Waals surface area contributed by atoms with E-state index in [-0.39, 0.29) is 5.91 Å². The second-order valence-electron chi connectivity index (χ2n) is 3.18. The van der Waals surface area contributed by atoms with E-state index in [9.17, 15) is 4.79 Å². The molecule has 1 amide bonds. The average Bonchev–Trinajstić information content (AvgIpc) is 2.16. The Morgan fingerprint density at radius 2 is 1.88 bits per heavy atom. The number of hydrogen-bond acceptors (Lipinski definition) is 3. The molecule has 17 heavy (non-hydrogen) atoms. The molecule has 0 aromatic carbocycles. The van der Waals surface area contributed by atoms with Gasteiger partial charge in [-0.05, 0) is 13.8 Å². The molecule has 1 atom stereocenters. The molecule has 1 N–H and O–H groups in total. The van der Waals surface area contributed by atoms with E-state index in [0.717, 1.165) is 13.1 Å². The lowest BCUT2D eigenvalue weighted by molar-refractivity contribution is -0.119. The third-order valence-electron chi connectivity index (χ3n) is 1.87. The molecule has 0 aliphatic heterocycles. The van der Waals surface area contributed by atoms with E-state index in [2.05, 4.69) is 5.32 Å². The first-order valence-electron chi connectivity index (χ1n) is 5.01. The molecule has 0 saturated heterocycles. The van der Waals surface area contributed by atoms with Gasteiger partial charge in [-0.3, -0.25) is 4.79 Å². The summed E-state index contributed by atoms with van der Waals surface area (Å²) in [6.07, 6.45) is 0. The van der Waals surface area contributed by atoms with Gasteiger partial charge in [-0.15, -0.1) is 0 Å². The highest BCUT2D eigenvalue weighted by atomic mass is 35.6. The molecule has 0 radical (unpaired) electrons. The molecular weight excluding hydrogens is 323 g/mol. The molecule has 0 fully saturated rings. The maximum Gasteiger partial charge on any atom is 0.220 e. The first-order chi connectivity index (χ1) is 7.72. The van der Waals surface area contributed by atoms with E-state index < -0.39 is 9.17 Å². The van der Waals surface area contributed by atoms with Crippen LogP contribution in [0.1, 0.15) is 20.8 Å². The quantitative estimate of drug-likeness (QED) is 0.485. The molecule has 0 heterocycles. The van der Waals surface area contributed by atoms with Gasteiger partial charge >= 0.3 is 0 Å². The Hall–Kier alpha value is 0.580. The number of nitrogens with zero attached hydrogens (tertiary/aromatic N) is 1. The van der Waals surface area contributed by atoms with E-state index in [1.807, 2.05) is 18.7 Å². The lowest BCUT2D eigenvalue weighted by Gasteiger charge is -2.28. The number of nitrogens with one attached hydrogen (secondary N) is 1. The summed E-state index contributed by atoms with van der Waals surface area (Å²) in [7, 11) is 0. The van der Waals surface area contributed by atoms with Gasteiger partial charge in [-0.2, -0.15) is 0 Å². The zero-order valence-electron chi connectivity index (χ0n) is 9.80. The van der Waals surface area contributed by atoms with Crippen LogP contribution in [0, 0.1) is 0 Å². The largest absolute Gasteiger partial charge is 0.358 e. The number of alkyl halides is 3. The minimum absolute atomic E-state index is 0.267. The van der Waals surface area contributed by atoms with Crippen molar-refractivity contribution >= 4 is 69.0 Å². The van der Waals surface area contributed by atoms with E-state index in [1.165, 1.54) is 18.7 Å². The smallest absolute Gasteiger partial charge is 0.220 e. The van der Waals surface area contributed by atoms with Crippen LogP contribution in [0.5, 0.6) is 0 Å². The molecule has 0 saturated carbocycles. The first kappa shape index (κ1) is 17.6. The van der Waals surface area contributed by atoms with Crippen LogP contribution in [0.4, 0.5) is 0 Å². The molecule has 0 aromatic heterocycles. The van der Waals surface area contributed by atoms with Crippen molar-refractivity contribution in [2.45, 2.75) is 29.9 Å². The van der Waals surface area contributed by atoms with Crippen LogP contribution in [-0.2, 0) is 4.79 Å². The summed E-state index contributed by atoms with van der Waals surface area (Å²) in [5.74, 6) is -0.267. The van der Waals surface area contributed by atoms with Crippen LogP contribution < -0.4 is 5.32 Å². The number of halogens is 3. The second kappa shape index (κ2) is 7.89. The molecule has 100 valence electrons. The summed E-state index contributed by atoms with van der Waals surface area (Å²) < 4.78 is -1.01. The second-order valence-corrected chi connectivity index (χ2v) is 7.29. The van der Waals surface area contributed by atoms with Gasteiger partial charge in [0.05, 0.1) is 0 Å². The standard InChI is InChI=1S/C9H15Cl3N2OS2/c1-4-14(5-2)8(16)17-7(9(10,11)12)13-6(3)15/h7H,4-5H2,1-3H3,(H,13,15)/t7-/m1/s1. The molecule has 0 spiro atoms. The van der Waals surface area contributed by atoms with Crippen molar-refractivity contribution in [3.63, 3.8) is 0 Å². The molecule has 0 unspecified atom stereocenters. The molecule has 3 nitrogen and oxygen atoms in total. The Balaban J connectivity index is 4.64. The van der Waals surface area contributed by atoms with Crippen molar-refractivity contribution in [3.8, 4) is 0 Å². The minimum atomic E-state index is -1.60. The fraction of sp³-hybridized carbons (Fsp3) is 0.778. The number of rotatable bonds is 4. The van der Waals surface area contributed by atoms with Crippen molar-refractivity contribution in [1.29, 1.82) is 0 Å². The topological polar surface area (TPSA) is 32.3 Å². The number of carbonyl (C=O) groups excluding carboxylic acids is 1. The normalized spacial score (nSPS) is 13.1. The Bertz CT molecular complexity index is 280. The van der Waals surface area contributed by atoms with Gasteiger partial charge in [-0.25, -0.2) is 0 Å². The maximum atomic E-state index is 11.0. The predicted molar refractivity (Wildman–Crippen MR) is 81.0 cm³/mol. The van der Waals surface area contributed by atoms with E-state index >= 15 is 0 Å². The third kappa shape index (κ3) is 6.91. The average molecular weight is 338 g/mol. The van der Waals surface area contributed by atoms with Crippen molar-refractivity contribution < 1.29 is 4.79 Å². The minimum Gasteiger partial charge on any atom is -0.358 e. The van der Waals surface area contributed by atoms with Gasteiger partial charge in [0.15, 0.2) is 0 Å².